The summed E-state index contributed by atoms with van der Waals surface area (Å²) in [7, 11) is 0. The largest absolute Gasteiger partial charge is 0.348 e. The molecule has 0 aliphatic carbocycles. The first kappa shape index (κ1) is 15.7. The van der Waals surface area contributed by atoms with Crippen LogP contribution in [0.2, 0.25) is 0 Å². The average molecular weight is 342 g/mol. The van der Waals surface area contributed by atoms with Gasteiger partial charge in [-0.05, 0) is 37.8 Å². The van der Waals surface area contributed by atoms with Crippen molar-refractivity contribution in [1.29, 1.82) is 0 Å². The number of amides is 1. The molecular formula is C18H22N4OS. The van der Waals surface area contributed by atoms with Crippen molar-refractivity contribution in [2.75, 3.05) is 0 Å². The summed E-state index contributed by atoms with van der Waals surface area (Å²) in [6, 6.07) is 6.43. The summed E-state index contributed by atoms with van der Waals surface area (Å²) < 4.78 is 2.19. The van der Waals surface area contributed by atoms with Gasteiger partial charge < -0.3 is 9.88 Å². The number of nitrogens with zero attached hydrogens (tertiary/aromatic N) is 3. The van der Waals surface area contributed by atoms with E-state index in [4.69, 9.17) is 0 Å². The van der Waals surface area contributed by atoms with Crippen LogP contribution in [0.5, 0.6) is 0 Å². The molecule has 1 unspecified atom stereocenters. The maximum absolute atomic E-state index is 12.5. The summed E-state index contributed by atoms with van der Waals surface area (Å²) >= 11 is 1.67. The zero-order valence-corrected chi connectivity index (χ0v) is 14.7. The van der Waals surface area contributed by atoms with E-state index in [0.29, 0.717) is 6.54 Å². The highest BCUT2D eigenvalue weighted by Crippen LogP contribution is 2.37. The maximum Gasteiger partial charge on any atom is 0.234 e. The molecule has 0 saturated heterocycles. The highest BCUT2D eigenvalue weighted by atomic mass is 32.2. The van der Waals surface area contributed by atoms with E-state index in [9.17, 15) is 4.79 Å². The predicted molar refractivity (Wildman–Crippen MR) is 94.0 cm³/mol. The standard InChI is InChI=1S/C18H22N4OS/c1-12-6-7-13-10-15(24-14(13)9-12)18(23)19-11-17-21-20-16-5-3-2-4-8-22(16)17/h6-7,9,15H,2-5,8,10-11H2,1H3,(H,19,23). The van der Waals surface area contributed by atoms with E-state index in [1.165, 1.54) is 35.3 Å². The summed E-state index contributed by atoms with van der Waals surface area (Å²) in [5.41, 5.74) is 2.52. The number of aryl methyl sites for hydroxylation is 2. The number of aromatic nitrogens is 3. The molecule has 0 saturated carbocycles. The summed E-state index contributed by atoms with van der Waals surface area (Å²) in [5, 5.41) is 11.6. The maximum atomic E-state index is 12.5. The first-order valence-electron chi connectivity index (χ1n) is 8.65. The predicted octanol–water partition coefficient (Wildman–Crippen LogP) is 2.65. The van der Waals surface area contributed by atoms with Gasteiger partial charge in [0.25, 0.3) is 0 Å². The average Bonchev–Trinajstić information content (AvgIpc) is 3.09. The van der Waals surface area contributed by atoms with Gasteiger partial charge in [-0.1, -0.05) is 24.1 Å². The van der Waals surface area contributed by atoms with Crippen molar-refractivity contribution in [3.05, 3.63) is 41.0 Å². The van der Waals surface area contributed by atoms with Crippen LogP contribution in [0.15, 0.2) is 23.1 Å². The molecule has 6 heteroatoms. The summed E-state index contributed by atoms with van der Waals surface area (Å²) in [6.45, 7) is 3.53. The molecule has 3 heterocycles. The van der Waals surface area contributed by atoms with E-state index in [1.54, 1.807) is 11.8 Å². The molecule has 24 heavy (non-hydrogen) atoms. The van der Waals surface area contributed by atoms with Crippen molar-refractivity contribution in [3.8, 4) is 0 Å². The summed E-state index contributed by atoms with van der Waals surface area (Å²) in [6.07, 6.45) is 5.39. The molecule has 4 rings (SSSR count). The minimum Gasteiger partial charge on any atom is -0.348 e. The highest BCUT2D eigenvalue weighted by Gasteiger charge is 2.28. The Balaban J connectivity index is 1.39. The third kappa shape index (κ3) is 3.07. The number of thioether (sulfide) groups is 1. The van der Waals surface area contributed by atoms with Crippen LogP contribution >= 0.6 is 11.8 Å². The molecular weight excluding hydrogens is 320 g/mol. The number of carbonyl (C=O) groups is 1. The molecule has 2 aromatic rings. The van der Waals surface area contributed by atoms with Crippen LogP contribution in [0.1, 0.15) is 42.0 Å². The van der Waals surface area contributed by atoms with E-state index in [-0.39, 0.29) is 11.2 Å². The fourth-order valence-corrected chi connectivity index (χ4v) is 4.75. The van der Waals surface area contributed by atoms with Gasteiger partial charge in [0, 0.05) is 17.9 Å². The van der Waals surface area contributed by atoms with Gasteiger partial charge in [-0.15, -0.1) is 22.0 Å². The van der Waals surface area contributed by atoms with E-state index in [2.05, 4.69) is 45.2 Å². The van der Waals surface area contributed by atoms with Crippen LogP contribution in [0.25, 0.3) is 0 Å². The molecule has 2 aliphatic rings. The Bertz CT molecular complexity index is 770. The van der Waals surface area contributed by atoms with E-state index in [1.807, 2.05) is 0 Å². The lowest BCUT2D eigenvalue weighted by atomic mass is 10.1. The second-order valence-corrected chi connectivity index (χ2v) is 7.88. The molecule has 2 aliphatic heterocycles. The SMILES string of the molecule is Cc1ccc2c(c1)SC(C(=O)NCc1nnc3n1CCCCC3)C2. The van der Waals surface area contributed by atoms with E-state index >= 15 is 0 Å². The van der Waals surface area contributed by atoms with Gasteiger partial charge in [-0.25, -0.2) is 0 Å². The Morgan fingerprint density at radius 3 is 3.17 bits per heavy atom. The van der Waals surface area contributed by atoms with E-state index < -0.39 is 0 Å². The van der Waals surface area contributed by atoms with E-state index in [0.717, 1.165) is 31.0 Å². The van der Waals surface area contributed by atoms with Crippen LogP contribution in [0, 0.1) is 6.92 Å². The molecule has 0 radical (unpaired) electrons. The number of rotatable bonds is 3. The minimum absolute atomic E-state index is 0.0340. The van der Waals surface area contributed by atoms with Crippen LogP contribution < -0.4 is 5.32 Å². The Hall–Kier alpha value is -1.82. The summed E-state index contributed by atoms with van der Waals surface area (Å²) in [4.78, 5) is 13.8. The van der Waals surface area contributed by atoms with Gasteiger partial charge in [0.05, 0.1) is 11.8 Å². The molecule has 1 aromatic heterocycles. The van der Waals surface area contributed by atoms with Crippen molar-refractivity contribution >= 4 is 17.7 Å². The Morgan fingerprint density at radius 1 is 1.33 bits per heavy atom. The Labute approximate surface area is 146 Å². The van der Waals surface area contributed by atoms with Crippen LogP contribution in [-0.2, 0) is 30.7 Å². The zero-order chi connectivity index (χ0) is 16.5. The quantitative estimate of drug-likeness (QED) is 0.931. The van der Waals surface area contributed by atoms with Crippen LogP contribution in [-0.4, -0.2) is 25.9 Å². The number of benzene rings is 1. The van der Waals surface area contributed by atoms with Crippen molar-refractivity contribution < 1.29 is 4.79 Å². The molecule has 1 N–H and O–H groups in total. The molecule has 1 atom stereocenters. The zero-order valence-electron chi connectivity index (χ0n) is 13.9. The highest BCUT2D eigenvalue weighted by molar-refractivity contribution is 8.01. The normalized spacial score (nSPS) is 19.5. The second-order valence-electron chi connectivity index (χ2n) is 6.63. The van der Waals surface area contributed by atoms with Crippen molar-refractivity contribution in [2.24, 2.45) is 0 Å². The molecule has 1 amide bonds. The number of hydrogen-bond donors (Lipinski definition) is 1. The molecule has 1 aromatic carbocycles. The Morgan fingerprint density at radius 2 is 2.25 bits per heavy atom. The fraction of sp³-hybridized carbons (Fsp3) is 0.500. The first-order chi connectivity index (χ1) is 11.7. The van der Waals surface area contributed by atoms with Crippen molar-refractivity contribution in [3.63, 3.8) is 0 Å². The van der Waals surface area contributed by atoms with Gasteiger partial charge in [-0.3, -0.25) is 4.79 Å². The molecule has 0 fully saturated rings. The third-order valence-electron chi connectivity index (χ3n) is 4.80. The number of carbonyl (C=O) groups excluding carboxylic acids is 1. The Kier molecular flexibility index (Phi) is 4.31. The number of hydrogen-bond acceptors (Lipinski definition) is 4. The van der Waals surface area contributed by atoms with Crippen LogP contribution in [0.4, 0.5) is 0 Å². The fourth-order valence-electron chi connectivity index (χ4n) is 3.44. The van der Waals surface area contributed by atoms with Gasteiger partial charge in [0.2, 0.25) is 5.91 Å². The monoisotopic (exact) mass is 342 g/mol. The summed E-state index contributed by atoms with van der Waals surface area (Å²) in [5.74, 6) is 2.05. The second kappa shape index (κ2) is 6.59. The third-order valence-corrected chi connectivity index (χ3v) is 6.10. The molecule has 126 valence electrons. The smallest absolute Gasteiger partial charge is 0.234 e. The van der Waals surface area contributed by atoms with Gasteiger partial charge in [0.15, 0.2) is 5.82 Å². The molecule has 0 bridgehead atoms. The molecule has 5 nitrogen and oxygen atoms in total. The first-order valence-corrected chi connectivity index (χ1v) is 9.53. The van der Waals surface area contributed by atoms with Crippen molar-refractivity contribution in [1.82, 2.24) is 20.1 Å². The van der Waals surface area contributed by atoms with Crippen molar-refractivity contribution in [2.45, 2.75) is 62.3 Å². The topological polar surface area (TPSA) is 59.8 Å². The number of fused-ring (bicyclic) bond motifs is 2. The lowest BCUT2D eigenvalue weighted by Gasteiger charge is -2.11. The van der Waals surface area contributed by atoms with Gasteiger partial charge >= 0.3 is 0 Å². The van der Waals surface area contributed by atoms with Crippen LogP contribution in [0.3, 0.4) is 0 Å². The molecule has 0 spiro atoms. The number of nitrogens with one attached hydrogen (secondary N) is 1. The lowest BCUT2D eigenvalue weighted by Crippen LogP contribution is -2.33. The minimum atomic E-state index is -0.0340. The van der Waals surface area contributed by atoms with Gasteiger partial charge in [0.1, 0.15) is 5.82 Å². The lowest BCUT2D eigenvalue weighted by molar-refractivity contribution is -0.120. The van der Waals surface area contributed by atoms with Gasteiger partial charge in [-0.2, -0.15) is 0 Å².